The zero-order valence-electron chi connectivity index (χ0n) is 9.72. The molecule has 0 aliphatic carbocycles. The van der Waals surface area contributed by atoms with Crippen LogP contribution in [0.1, 0.15) is 19.8 Å². The molecule has 5 heteroatoms. The van der Waals surface area contributed by atoms with Crippen molar-refractivity contribution in [2.24, 2.45) is 0 Å². The van der Waals surface area contributed by atoms with E-state index < -0.39 is 0 Å². The van der Waals surface area contributed by atoms with Crippen LogP contribution < -0.4 is 11.1 Å². The first-order chi connectivity index (χ1) is 8.00. The summed E-state index contributed by atoms with van der Waals surface area (Å²) in [5.74, 6) is 0. The molecule has 1 saturated heterocycles. The largest absolute Gasteiger partial charge is 0.399 e. The molecular formula is C12H16Cl2N2O. The Balaban J connectivity index is 2.08. The number of nitrogens with one attached hydrogen (secondary N) is 1. The van der Waals surface area contributed by atoms with Crippen LogP contribution in [0.3, 0.4) is 0 Å². The highest BCUT2D eigenvalue weighted by molar-refractivity contribution is 6.39. The average molecular weight is 275 g/mol. The van der Waals surface area contributed by atoms with Crippen molar-refractivity contribution in [3.63, 3.8) is 0 Å². The van der Waals surface area contributed by atoms with E-state index in [4.69, 9.17) is 33.7 Å². The fourth-order valence-corrected chi connectivity index (χ4v) is 2.65. The van der Waals surface area contributed by atoms with Crippen molar-refractivity contribution in [1.29, 1.82) is 0 Å². The predicted octanol–water partition coefficient (Wildman–Crippen LogP) is 3.56. The summed E-state index contributed by atoms with van der Waals surface area (Å²) in [5, 5.41) is 4.32. The average Bonchev–Trinajstić information content (AvgIpc) is 2.64. The maximum Gasteiger partial charge on any atom is 0.0826 e. The molecule has 1 atom stereocenters. The van der Waals surface area contributed by atoms with E-state index in [0.717, 1.165) is 25.1 Å². The Bertz CT molecular complexity index is 394. The van der Waals surface area contributed by atoms with Crippen LogP contribution in [0.5, 0.6) is 0 Å². The molecule has 0 spiro atoms. The lowest BCUT2D eigenvalue weighted by atomic mass is 10.0. The quantitative estimate of drug-likeness (QED) is 0.829. The Labute approximate surface area is 111 Å². The molecule has 94 valence electrons. The summed E-state index contributed by atoms with van der Waals surface area (Å²) in [4.78, 5) is 0. The van der Waals surface area contributed by atoms with E-state index in [1.807, 2.05) is 0 Å². The molecule has 0 aromatic heterocycles. The predicted molar refractivity (Wildman–Crippen MR) is 73.0 cm³/mol. The molecule has 1 aliphatic heterocycles. The van der Waals surface area contributed by atoms with Crippen molar-refractivity contribution in [3.05, 3.63) is 22.2 Å². The van der Waals surface area contributed by atoms with Crippen LogP contribution in [-0.2, 0) is 4.74 Å². The molecule has 0 saturated carbocycles. The minimum atomic E-state index is -0.131. The molecule has 17 heavy (non-hydrogen) atoms. The molecule has 3 nitrogen and oxygen atoms in total. The SMILES string of the molecule is CC1(CNc2c(Cl)cc(N)cc2Cl)CCCO1. The van der Waals surface area contributed by atoms with E-state index in [-0.39, 0.29) is 5.60 Å². The standard InChI is InChI=1S/C12H16Cl2N2O/c1-12(3-2-4-17-12)7-16-11-9(13)5-8(15)6-10(11)14/h5-6,16H,2-4,7,15H2,1H3. The minimum Gasteiger partial charge on any atom is -0.399 e. The fourth-order valence-electron chi connectivity index (χ4n) is 2.01. The second-order valence-corrected chi connectivity index (χ2v) is 5.43. The Kier molecular flexibility index (Phi) is 3.71. The number of halogens is 2. The molecule has 1 aromatic carbocycles. The molecule has 1 fully saturated rings. The van der Waals surface area contributed by atoms with Crippen LogP contribution in [0, 0.1) is 0 Å². The Hall–Kier alpha value is -0.640. The number of anilines is 2. The molecule has 1 aliphatic rings. The van der Waals surface area contributed by atoms with Gasteiger partial charge in [0.2, 0.25) is 0 Å². The second kappa shape index (κ2) is 4.92. The van der Waals surface area contributed by atoms with Gasteiger partial charge in [-0.1, -0.05) is 23.2 Å². The lowest BCUT2D eigenvalue weighted by molar-refractivity contribution is 0.0315. The first kappa shape index (κ1) is 12.8. The topological polar surface area (TPSA) is 47.3 Å². The van der Waals surface area contributed by atoms with Crippen LogP contribution in [0.2, 0.25) is 10.0 Å². The molecule has 1 unspecified atom stereocenters. The van der Waals surface area contributed by atoms with Crippen molar-refractivity contribution in [1.82, 2.24) is 0 Å². The normalized spacial score (nSPS) is 23.9. The maximum atomic E-state index is 6.10. The molecule has 1 aromatic rings. The summed E-state index contributed by atoms with van der Waals surface area (Å²) in [5.41, 5.74) is 6.81. The Morgan fingerprint density at radius 1 is 1.41 bits per heavy atom. The number of nitrogens with two attached hydrogens (primary N) is 1. The summed E-state index contributed by atoms with van der Waals surface area (Å²) in [6.07, 6.45) is 2.14. The summed E-state index contributed by atoms with van der Waals surface area (Å²) in [6.45, 7) is 3.60. The van der Waals surface area contributed by atoms with Crippen molar-refractivity contribution < 1.29 is 4.74 Å². The van der Waals surface area contributed by atoms with E-state index >= 15 is 0 Å². The van der Waals surface area contributed by atoms with Gasteiger partial charge < -0.3 is 15.8 Å². The van der Waals surface area contributed by atoms with Crippen LogP contribution in [0.25, 0.3) is 0 Å². The van der Waals surface area contributed by atoms with Gasteiger partial charge in [-0.2, -0.15) is 0 Å². The van der Waals surface area contributed by atoms with E-state index in [0.29, 0.717) is 22.3 Å². The van der Waals surface area contributed by atoms with E-state index in [2.05, 4.69) is 12.2 Å². The third-order valence-electron chi connectivity index (χ3n) is 3.00. The lowest BCUT2D eigenvalue weighted by Crippen LogP contribution is -2.32. The first-order valence-electron chi connectivity index (χ1n) is 5.62. The number of benzene rings is 1. The first-order valence-corrected chi connectivity index (χ1v) is 6.38. The van der Waals surface area contributed by atoms with E-state index in [1.165, 1.54) is 0 Å². The van der Waals surface area contributed by atoms with Gasteiger partial charge >= 0.3 is 0 Å². The Morgan fingerprint density at radius 2 is 2.06 bits per heavy atom. The van der Waals surface area contributed by atoms with Gasteiger partial charge in [-0.15, -0.1) is 0 Å². The van der Waals surface area contributed by atoms with E-state index in [9.17, 15) is 0 Å². The van der Waals surface area contributed by atoms with Crippen LogP contribution >= 0.6 is 23.2 Å². The summed E-state index contributed by atoms with van der Waals surface area (Å²) in [7, 11) is 0. The third-order valence-corrected chi connectivity index (χ3v) is 3.60. The number of hydrogen-bond acceptors (Lipinski definition) is 3. The van der Waals surface area contributed by atoms with Gasteiger partial charge in [0.25, 0.3) is 0 Å². The minimum absolute atomic E-state index is 0.131. The van der Waals surface area contributed by atoms with Gasteiger partial charge in [0.05, 0.1) is 21.3 Å². The Morgan fingerprint density at radius 3 is 2.59 bits per heavy atom. The van der Waals surface area contributed by atoms with Gasteiger partial charge in [0, 0.05) is 18.8 Å². The molecule has 1 heterocycles. The maximum absolute atomic E-state index is 6.10. The van der Waals surface area contributed by atoms with Gasteiger partial charge in [-0.25, -0.2) is 0 Å². The van der Waals surface area contributed by atoms with Crippen molar-refractivity contribution in [3.8, 4) is 0 Å². The number of hydrogen-bond donors (Lipinski definition) is 2. The lowest BCUT2D eigenvalue weighted by Gasteiger charge is -2.24. The monoisotopic (exact) mass is 274 g/mol. The zero-order chi connectivity index (χ0) is 12.5. The molecule has 3 N–H and O–H groups in total. The number of ether oxygens (including phenoxy) is 1. The molecule has 0 radical (unpaired) electrons. The fraction of sp³-hybridized carbons (Fsp3) is 0.500. The summed E-state index contributed by atoms with van der Waals surface area (Å²) in [6, 6.07) is 3.38. The molecule has 0 amide bonds. The molecular weight excluding hydrogens is 259 g/mol. The van der Waals surface area contributed by atoms with Crippen LogP contribution in [0.15, 0.2) is 12.1 Å². The molecule has 0 bridgehead atoms. The smallest absolute Gasteiger partial charge is 0.0826 e. The zero-order valence-corrected chi connectivity index (χ0v) is 11.2. The van der Waals surface area contributed by atoms with Crippen molar-refractivity contribution >= 4 is 34.6 Å². The van der Waals surface area contributed by atoms with E-state index in [1.54, 1.807) is 12.1 Å². The highest BCUT2D eigenvalue weighted by atomic mass is 35.5. The second-order valence-electron chi connectivity index (χ2n) is 4.62. The van der Waals surface area contributed by atoms with Crippen molar-refractivity contribution in [2.45, 2.75) is 25.4 Å². The summed E-state index contributed by atoms with van der Waals surface area (Å²) >= 11 is 12.2. The van der Waals surface area contributed by atoms with Crippen LogP contribution in [0.4, 0.5) is 11.4 Å². The number of nitrogen functional groups attached to an aromatic ring is 1. The van der Waals surface area contributed by atoms with Gasteiger partial charge in [0.15, 0.2) is 0 Å². The van der Waals surface area contributed by atoms with Gasteiger partial charge in [0.1, 0.15) is 0 Å². The van der Waals surface area contributed by atoms with Crippen LogP contribution in [-0.4, -0.2) is 18.8 Å². The number of rotatable bonds is 3. The summed E-state index contributed by atoms with van der Waals surface area (Å²) < 4.78 is 5.69. The highest BCUT2D eigenvalue weighted by Crippen LogP contribution is 2.34. The van der Waals surface area contributed by atoms with Gasteiger partial charge in [-0.05, 0) is 31.9 Å². The third kappa shape index (κ3) is 2.97. The molecule has 2 rings (SSSR count). The highest BCUT2D eigenvalue weighted by Gasteiger charge is 2.29. The van der Waals surface area contributed by atoms with Crippen molar-refractivity contribution in [2.75, 3.05) is 24.2 Å². The van der Waals surface area contributed by atoms with Gasteiger partial charge in [-0.3, -0.25) is 0 Å².